The number of nitrogens with one attached hydrogen (secondary N) is 2. The van der Waals surface area contributed by atoms with Gasteiger partial charge in [0.2, 0.25) is 0 Å². The predicted molar refractivity (Wildman–Crippen MR) is 119 cm³/mol. The Hall–Kier alpha value is -1.02. The van der Waals surface area contributed by atoms with Gasteiger partial charge in [-0.25, -0.2) is 0 Å². The van der Waals surface area contributed by atoms with Gasteiger partial charge in [0.25, 0.3) is 0 Å². The molecule has 1 aliphatic carbocycles. The molecular weight excluding hydrogens is 439 g/mol. The Labute approximate surface area is 175 Å². The van der Waals surface area contributed by atoms with Crippen LogP contribution in [0.25, 0.3) is 0 Å². The minimum atomic E-state index is 0. The minimum absolute atomic E-state index is 0. The third kappa shape index (κ3) is 6.01. The fourth-order valence-corrected chi connectivity index (χ4v) is 3.46. The molecule has 2 N–H and O–H groups in total. The van der Waals surface area contributed by atoms with Crippen molar-refractivity contribution in [1.82, 2.24) is 15.5 Å². The standard InChI is InChI=1S/C20H32N4O.HI/c1-4-21-20(23-14-18(24(2)3)16-6-7-16)22-11-9-15-5-8-19-17(13-15)10-12-25-19;/h5,8,13,16,18H,4,6-7,9-12,14H2,1-3H3,(H2,21,22,23);1H. The molecule has 1 heterocycles. The molecule has 1 atom stereocenters. The quantitative estimate of drug-likeness (QED) is 0.347. The molecule has 0 bridgehead atoms. The molecule has 0 spiro atoms. The number of ether oxygens (including phenoxy) is 1. The highest BCUT2D eigenvalue weighted by molar-refractivity contribution is 14.0. The zero-order valence-electron chi connectivity index (χ0n) is 16.3. The first kappa shape index (κ1) is 21.3. The SMILES string of the molecule is CCNC(=NCC(C1CC1)N(C)C)NCCc1ccc2c(c1)CCO2.I. The molecule has 0 radical (unpaired) electrons. The number of likely N-dealkylation sites (N-methyl/N-ethyl adjacent to an activating group) is 1. The Bertz CT molecular complexity index is 599. The fourth-order valence-electron chi connectivity index (χ4n) is 3.46. The van der Waals surface area contributed by atoms with E-state index in [0.717, 1.165) is 56.7 Å². The van der Waals surface area contributed by atoms with Crippen molar-refractivity contribution in [2.45, 2.75) is 38.6 Å². The molecule has 1 aromatic rings. The van der Waals surface area contributed by atoms with Crippen molar-refractivity contribution in [3.05, 3.63) is 29.3 Å². The second-order valence-corrected chi connectivity index (χ2v) is 7.31. The van der Waals surface area contributed by atoms with Crippen molar-refractivity contribution in [2.24, 2.45) is 10.9 Å². The molecule has 0 saturated heterocycles. The molecule has 0 aromatic heterocycles. The van der Waals surface area contributed by atoms with Gasteiger partial charge in [-0.05, 0) is 63.4 Å². The largest absolute Gasteiger partial charge is 0.493 e. The molecule has 146 valence electrons. The van der Waals surface area contributed by atoms with E-state index in [4.69, 9.17) is 9.73 Å². The average molecular weight is 472 g/mol. The van der Waals surface area contributed by atoms with Crippen LogP contribution >= 0.6 is 24.0 Å². The van der Waals surface area contributed by atoms with E-state index in [9.17, 15) is 0 Å². The maximum atomic E-state index is 5.58. The first-order chi connectivity index (χ1) is 12.2. The number of hydrogen-bond acceptors (Lipinski definition) is 3. The van der Waals surface area contributed by atoms with Crippen molar-refractivity contribution in [2.75, 3.05) is 40.3 Å². The van der Waals surface area contributed by atoms with Crippen molar-refractivity contribution in [3.8, 4) is 5.75 Å². The molecule has 1 unspecified atom stereocenters. The molecule has 3 rings (SSSR count). The summed E-state index contributed by atoms with van der Waals surface area (Å²) in [5.41, 5.74) is 2.70. The zero-order chi connectivity index (χ0) is 17.6. The van der Waals surface area contributed by atoms with Crippen molar-refractivity contribution < 1.29 is 4.74 Å². The number of rotatable bonds is 8. The van der Waals surface area contributed by atoms with Crippen LogP contribution in [0.4, 0.5) is 0 Å². The first-order valence-corrected chi connectivity index (χ1v) is 9.60. The van der Waals surface area contributed by atoms with Gasteiger partial charge in [-0.2, -0.15) is 0 Å². The lowest BCUT2D eigenvalue weighted by Gasteiger charge is -2.23. The Morgan fingerprint density at radius 3 is 2.81 bits per heavy atom. The monoisotopic (exact) mass is 472 g/mol. The number of hydrogen-bond donors (Lipinski definition) is 2. The summed E-state index contributed by atoms with van der Waals surface area (Å²) in [5, 5.41) is 6.84. The number of halogens is 1. The lowest BCUT2D eigenvalue weighted by molar-refractivity contribution is 0.271. The summed E-state index contributed by atoms with van der Waals surface area (Å²) in [5.74, 6) is 2.82. The van der Waals surface area contributed by atoms with Crippen LogP contribution in [0.2, 0.25) is 0 Å². The van der Waals surface area contributed by atoms with E-state index in [1.165, 1.54) is 24.0 Å². The fraction of sp³-hybridized carbons (Fsp3) is 0.650. The number of guanidine groups is 1. The van der Waals surface area contributed by atoms with Crippen molar-refractivity contribution in [3.63, 3.8) is 0 Å². The molecule has 1 aliphatic heterocycles. The molecule has 0 amide bonds. The number of aliphatic imine (C=N–C) groups is 1. The van der Waals surface area contributed by atoms with E-state index in [0.29, 0.717) is 6.04 Å². The van der Waals surface area contributed by atoms with Crippen LogP contribution in [0.5, 0.6) is 5.75 Å². The molecule has 1 aromatic carbocycles. The van der Waals surface area contributed by atoms with Gasteiger partial charge in [0, 0.05) is 25.6 Å². The molecule has 26 heavy (non-hydrogen) atoms. The third-order valence-corrected chi connectivity index (χ3v) is 5.07. The molecule has 2 aliphatic rings. The van der Waals surface area contributed by atoms with Gasteiger partial charge >= 0.3 is 0 Å². The predicted octanol–water partition coefficient (Wildman–Crippen LogP) is 2.68. The van der Waals surface area contributed by atoms with Crippen LogP contribution in [0.15, 0.2) is 23.2 Å². The summed E-state index contributed by atoms with van der Waals surface area (Å²) in [6, 6.07) is 7.12. The molecule has 5 nitrogen and oxygen atoms in total. The van der Waals surface area contributed by atoms with Crippen molar-refractivity contribution >= 4 is 29.9 Å². The van der Waals surface area contributed by atoms with E-state index >= 15 is 0 Å². The van der Waals surface area contributed by atoms with Gasteiger partial charge in [-0.3, -0.25) is 4.99 Å². The smallest absolute Gasteiger partial charge is 0.191 e. The van der Waals surface area contributed by atoms with Crippen LogP contribution in [0, 0.1) is 5.92 Å². The van der Waals surface area contributed by atoms with Crippen LogP contribution in [-0.2, 0) is 12.8 Å². The highest BCUT2D eigenvalue weighted by atomic mass is 127. The van der Waals surface area contributed by atoms with E-state index in [-0.39, 0.29) is 24.0 Å². The van der Waals surface area contributed by atoms with E-state index in [1.54, 1.807) is 0 Å². The summed E-state index contributed by atoms with van der Waals surface area (Å²) in [4.78, 5) is 7.13. The summed E-state index contributed by atoms with van der Waals surface area (Å²) in [6.45, 7) is 5.58. The van der Waals surface area contributed by atoms with Crippen LogP contribution in [-0.4, -0.2) is 57.2 Å². The van der Waals surface area contributed by atoms with Crippen LogP contribution < -0.4 is 15.4 Å². The molecule has 1 fully saturated rings. The Balaban J connectivity index is 0.00000243. The Morgan fingerprint density at radius 2 is 2.12 bits per heavy atom. The summed E-state index contributed by atoms with van der Waals surface area (Å²) >= 11 is 0. The van der Waals surface area contributed by atoms with Gasteiger partial charge in [0.1, 0.15) is 5.75 Å². The normalized spacial score (nSPS) is 17.3. The minimum Gasteiger partial charge on any atom is -0.493 e. The van der Waals surface area contributed by atoms with Gasteiger partial charge in [0.15, 0.2) is 5.96 Å². The van der Waals surface area contributed by atoms with Gasteiger partial charge in [-0.15, -0.1) is 24.0 Å². The highest BCUT2D eigenvalue weighted by Gasteiger charge is 2.32. The van der Waals surface area contributed by atoms with E-state index in [1.807, 2.05) is 0 Å². The van der Waals surface area contributed by atoms with E-state index in [2.05, 4.69) is 54.8 Å². The second kappa shape index (κ2) is 10.3. The van der Waals surface area contributed by atoms with Crippen LogP contribution in [0.3, 0.4) is 0 Å². The number of benzene rings is 1. The lowest BCUT2D eigenvalue weighted by atomic mass is 10.1. The number of fused-ring (bicyclic) bond motifs is 1. The Kier molecular flexibility index (Phi) is 8.47. The molecule has 6 heteroatoms. The summed E-state index contributed by atoms with van der Waals surface area (Å²) < 4.78 is 5.58. The molecule has 1 saturated carbocycles. The first-order valence-electron chi connectivity index (χ1n) is 9.60. The van der Waals surface area contributed by atoms with Gasteiger partial charge in [-0.1, -0.05) is 12.1 Å². The van der Waals surface area contributed by atoms with Gasteiger partial charge in [0.05, 0.1) is 13.2 Å². The van der Waals surface area contributed by atoms with Crippen LogP contribution in [0.1, 0.15) is 30.9 Å². The third-order valence-electron chi connectivity index (χ3n) is 5.07. The highest BCUT2D eigenvalue weighted by Crippen LogP contribution is 2.34. The summed E-state index contributed by atoms with van der Waals surface area (Å²) in [6.07, 6.45) is 4.74. The topological polar surface area (TPSA) is 48.9 Å². The number of nitrogens with zero attached hydrogens (tertiary/aromatic N) is 2. The molecular formula is C20H33IN4O. The van der Waals surface area contributed by atoms with E-state index < -0.39 is 0 Å². The lowest BCUT2D eigenvalue weighted by Crippen LogP contribution is -2.40. The van der Waals surface area contributed by atoms with Gasteiger partial charge < -0.3 is 20.3 Å². The Morgan fingerprint density at radius 1 is 1.31 bits per heavy atom. The second-order valence-electron chi connectivity index (χ2n) is 7.31. The zero-order valence-corrected chi connectivity index (χ0v) is 18.6. The average Bonchev–Trinajstić information content (AvgIpc) is 3.31. The maximum Gasteiger partial charge on any atom is 0.191 e. The van der Waals surface area contributed by atoms with Crippen molar-refractivity contribution in [1.29, 1.82) is 0 Å². The maximum absolute atomic E-state index is 5.58. The summed E-state index contributed by atoms with van der Waals surface area (Å²) in [7, 11) is 4.33.